The fourth-order valence-corrected chi connectivity index (χ4v) is 4.30. The first-order chi connectivity index (χ1) is 11.2. The van der Waals surface area contributed by atoms with Gasteiger partial charge in [0.25, 0.3) is 5.91 Å². The van der Waals surface area contributed by atoms with Crippen LogP contribution < -0.4 is 5.73 Å². The van der Waals surface area contributed by atoms with Gasteiger partial charge in [-0.25, -0.2) is 0 Å². The molecule has 1 aromatic heterocycles. The minimum absolute atomic E-state index is 0.214. The molecule has 2 heterocycles. The van der Waals surface area contributed by atoms with Crippen LogP contribution in [0.4, 0.5) is 0 Å². The molecule has 0 radical (unpaired) electrons. The third kappa shape index (κ3) is 3.48. The van der Waals surface area contributed by atoms with E-state index >= 15 is 0 Å². The molecule has 23 heavy (non-hydrogen) atoms. The highest BCUT2D eigenvalue weighted by Gasteiger charge is 2.26. The van der Waals surface area contributed by atoms with Crippen molar-refractivity contribution in [1.29, 1.82) is 0 Å². The second-order valence-electron chi connectivity index (χ2n) is 6.14. The maximum Gasteiger partial charge on any atom is 0.264 e. The fraction of sp³-hybridized carbons (Fsp3) is 0.421. The number of amides is 1. The van der Waals surface area contributed by atoms with E-state index in [1.54, 1.807) is 11.3 Å². The molecule has 0 saturated carbocycles. The van der Waals surface area contributed by atoms with Crippen molar-refractivity contribution >= 4 is 17.2 Å². The molecule has 0 unspecified atom stereocenters. The number of carbonyl (C=O) groups is 1. The van der Waals surface area contributed by atoms with Crippen molar-refractivity contribution in [2.24, 2.45) is 5.73 Å². The van der Waals surface area contributed by atoms with Crippen LogP contribution in [-0.4, -0.2) is 23.9 Å². The molecular formula is C19H24N2OS. The second kappa shape index (κ2) is 7.28. The number of piperidine rings is 1. The fourth-order valence-electron chi connectivity index (χ4n) is 3.34. The summed E-state index contributed by atoms with van der Waals surface area (Å²) in [6.07, 6.45) is 2.99. The molecule has 1 amide bonds. The van der Waals surface area contributed by atoms with Crippen molar-refractivity contribution in [2.75, 3.05) is 13.1 Å². The van der Waals surface area contributed by atoms with Gasteiger partial charge in [-0.2, -0.15) is 0 Å². The van der Waals surface area contributed by atoms with Crippen LogP contribution in [0.1, 0.15) is 52.0 Å². The number of carbonyl (C=O) groups excluding carboxylic acids is 1. The van der Waals surface area contributed by atoms with E-state index in [9.17, 15) is 4.79 Å². The molecule has 0 bridgehead atoms. The van der Waals surface area contributed by atoms with Crippen molar-refractivity contribution < 1.29 is 4.79 Å². The zero-order valence-corrected chi connectivity index (χ0v) is 14.4. The summed E-state index contributed by atoms with van der Waals surface area (Å²) in [7, 11) is 0. The molecule has 1 aliphatic rings. The summed E-state index contributed by atoms with van der Waals surface area (Å²) in [5, 5.41) is 2.02. The van der Waals surface area contributed by atoms with E-state index in [-0.39, 0.29) is 5.91 Å². The summed E-state index contributed by atoms with van der Waals surface area (Å²) >= 11 is 1.57. The van der Waals surface area contributed by atoms with E-state index in [4.69, 9.17) is 5.73 Å². The summed E-state index contributed by atoms with van der Waals surface area (Å²) in [6, 6.07) is 10.6. The molecule has 0 aliphatic carbocycles. The Balaban J connectivity index is 1.65. The predicted molar refractivity (Wildman–Crippen MR) is 95.9 cm³/mol. The van der Waals surface area contributed by atoms with Gasteiger partial charge in [-0.1, -0.05) is 31.2 Å². The summed E-state index contributed by atoms with van der Waals surface area (Å²) < 4.78 is 0. The summed E-state index contributed by atoms with van der Waals surface area (Å²) in [6.45, 7) is 4.38. The third-order valence-corrected chi connectivity index (χ3v) is 5.71. The lowest BCUT2D eigenvalue weighted by Gasteiger charge is -2.32. The van der Waals surface area contributed by atoms with Crippen LogP contribution >= 0.6 is 11.3 Å². The summed E-state index contributed by atoms with van der Waals surface area (Å²) in [5.74, 6) is 0.755. The van der Waals surface area contributed by atoms with Gasteiger partial charge in [-0.05, 0) is 53.3 Å². The van der Waals surface area contributed by atoms with Crippen LogP contribution in [0, 0.1) is 0 Å². The third-order valence-electron chi connectivity index (χ3n) is 4.76. The number of aryl methyl sites for hydroxylation is 1. The molecule has 3 rings (SSSR count). The van der Waals surface area contributed by atoms with E-state index in [1.807, 2.05) is 10.3 Å². The van der Waals surface area contributed by atoms with E-state index < -0.39 is 0 Å². The molecule has 4 heteroatoms. The zero-order chi connectivity index (χ0) is 16.2. The Morgan fingerprint density at radius 1 is 1.30 bits per heavy atom. The maximum atomic E-state index is 12.7. The molecule has 1 fully saturated rings. The SMILES string of the molecule is CCc1ccsc1C(=O)N1CCC(c2cccc(CN)c2)CC1. The van der Waals surface area contributed by atoms with Gasteiger partial charge in [0.1, 0.15) is 0 Å². The van der Waals surface area contributed by atoms with Crippen molar-refractivity contribution in [3.63, 3.8) is 0 Å². The van der Waals surface area contributed by atoms with Gasteiger partial charge in [0.15, 0.2) is 0 Å². The van der Waals surface area contributed by atoms with Gasteiger partial charge in [0.2, 0.25) is 0 Å². The Labute approximate surface area is 142 Å². The molecule has 2 N–H and O–H groups in total. The van der Waals surface area contributed by atoms with E-state index in [0.29, 0.717) is 12.5 Å². The minimum atomic E-state index is 0.214. The van der Waals surface area contributed by atoms with Crippen LogP contribution in [0.5, 0.6) is 0 Å². The highest BCUT2D eigenvalue weighted by Crippen LogP contribution is 2.30. The van der Waals surface area contributed by atoms with Gasteiger partial charge in [0, 0.05) is 19.6 Å². The first kappa shape index (κ1) is 16.2. The molecule has 1 saturated heterocycles. The second-order valence-corrected chi connectivity index (χ2v) is 7.06. The molecule has 0 atom stereocenters. The average molecular weight is 328 g/mol. The number of benzene rings is 1. The smallest absolute Gasteiger partial charge is 0.264 e. The normalized spacial score (nSPS) is 15.8. The Hall–Kier alpha value is -1.65. The highest BCUT2D eigenvalue weighted by molar-refractivity contribution is 7.12. The number of nitrogens with zero attached hydrogens (tertiary/aromatic N) is 1. The standard InChI is InChI=1S/C19H24N2OS/c1-2-15-8-11-23-18(15)19(22)21-9-6-16(7-10-21)17-5-3-4-14(12-17)13-20/h3-5,8,11-12,16H,2,6-7,9-10,13,20H2,1H3. The van der Waals surface area contributed by atoms with E-state index in [1.165, 1.54) is 16.7 Å². The Kier molecular flexibility index (Phi) is 5.13. The van der Waals surface area contributed by atoms with Gasteiger partial charge in [-0.3, -0.25) is 4.79 Å². The van der Waals surface area contributed by atoms with Crippen LogP contribution in [-0.2, 0) is 13.0 Å². The lowest BCUT2D eigenvalue weighted by molar-refractivity contribution is 0.0717. The lowest BCUT2D eigenvalue weighted by Crippen LogP contribution is -2.37. The zero-order valence-electron chi connectivity index (χ0n) is 13.6. The minimum Gasteiger partial charge on any atom is -0.338 e. The molecular weight excluding hydrogens is 304 g/mol. The lowest BCUT2D eigenvalue weighted by atomic mass is 9.88. The maximum absolute atomic E-state index is 12.7. The van der Waals surface area contributed by atoms with Crippen LogP contribution in [0.2, 0.25) is 0 Å². The summed E-state index contributed by atoms with van der Waals surface area (Å²) in [5.41, 5.74) is 9.47. The number of thiophene rings is 1. The summed E-state index contributed by atoms with van der Waals surface area (Å²) in [4.78, 5) is 15.7. The Morgan fingerprint density at radius 2 is 2.09 bits per heavy atom. The van der Waals surface area contributed by atoms with Crippen molar-refractivity contribution in [3.8, 4) is 0 Å². The Bertz CT molecular complexity index is 672. The molecule has 2 aromatic rings. The van der Waals surface area contributed by atoms with Gasteiger partial charge in [-0.15, -0.1) is 11.3 Å². The molecule has 1 aromatic carbocycles. The number of rotatable bonds is 4. The number of hydrogen-bond acceptors (Lipinski definition) is 3. The van der Waals surface area contributed by atoms with E-state index in [0.717, 1.165) is 37.2 Å². The van der Waals surface area contributed by atoms with Crippen molar-refractivity contribution in [1.82, 2.24) is 4.90 Å². The Morgan fingerprint density at radius 3 is 2.78 bits per heavy atom. The van der Waals surface area contributed by atoms with Crippen molar-refractivity contribution in [2.45, 2.75) is 38.6 Å². The largest absolute Gasteiger partial charge is 0.338 e. The topological polar surface area (TPSA) is 46.3 Å². The monoisotopic (exact) mass is 328 g/mol. The number of hydrogen-bond donors (Lipinski definition) is 1. The van der Waals surface area contributed by atoms with Gasteiger partial charge >= 0.3 is 0 Å². The van der Waals surface area contributed by atoms with Gasteiger partial charge < -0.3 is 10.6 Å². The quantitative estimate of drug-likeness (QED) is 0.928. The number of nitrogens with two attached hydrogens (primary N) is 1. The van der Waals surface area contributed by atoms with Crippen molar-refractivity contribution in [3.05, 3.63) is 57.3 Å². The van der Waals surface area contributed by atoms with Crippen LogP contribution in [0.15, 0.2) is 35.7 Å². The molecule has 0 spiro atoms. The molecule has 122 valence electrons. The first-order valence-electron chi connectivity index (χ1n) is 8.37. The van der Waals surface area contributed by atoms with Gasteiger partial charge in [0.05, 0.1) is 4.88 Å². The molecule has 3 nitrogen and oxygen atoms in total. The first-order valence-corrected chi connectivity index (χ1v) is 9.25. The molecule has 1 aliphatic heterocycles. The highest BCUT2D eigenvalue weighted by atomic mass is 32.1. The number of likely N-dealkylation sites (tertiary alicyclic amines) is 1. The average Bonchev–Trinajstić information content (AvgIpc) is 3.10. The van der Waals surface area contributed by atoms with Crippen LogP contribution in [0.3, 0.4) is 0 Å². The van der Waals surface area contributed by atoms with E-state index in [2.05, 4.69) is 37.3 Å². The predicted octanol–water partition coefficient (Wildman–Crippen LogP) is 3.79. The van der Waals surface area contributed by atoms with Crippen LogP contribution in [0.25, 0.3) is 0 Å².